The van der Waals surface area contributed by atoms with Crippen molar-refractivity contribution < 1.29 is 23.1 Å². The highest BCUT2D eigenvalue weighted by molar-refractivity contribution is 7.89. The van der Waals surface area contributed by atoms with Gasteiger partial charge >= 0.3 is 5.97 Å². The van der Waals surface area contributed by atoms with Crippen molar-refractivity contribution in [3.8, 4) is 5.75 Å². The maximum atomic E-state index is 12.4. The van der Waals surface area contributed by atoms with Crippen LogP contribution in [0.3, 0.4) is 0 Å². The van der Waals surface area contributed by atoms with Gasteiger partial charge in [0.05, 0.1) is 25.9 Å². The summed E-state index contributed by atoms with van der Waals surface area (Å²) in [7, 11) is -0.821. The summed E-state index contributed by atoms with van der Waals surface area (Å²) >= 11 is 0. The zero-order chi connectivity index (χ0) is 17.0. The van der Waals surface area contributed by atoms with E-state index in [1.165, 1.54) is 24.2 Å². The molecule has 0 saturated carbocycles. The van der Waals surface area contributed by atoms with Gasteiger partial charge in [-0.1, -0.05) is 12.1 Å². The minimum absolute atomic E-state index is 0.168. The lowest BCUT2D eigenvalue weighted by atomic mass is 10.0. The van der Waals surface area contributed by atoms with Crippen LogP contribution in [0.1, 0.15) is 18.0 Å². The molecule has 2 aromatic rings. The van der Waals surface area contributed by atoms with Crippen molar-refractivity contribution in [1.29, 1.82) is 0 Å². The Morgan fingerprint density at radius 2 is 2.22 bits per heavy atom. The fourth-order valence-electron chi connectivity index (χ4n) is 2.04. The maximum absolute atomic E-state index is 12.4. The second-order valence-corrected chi connectivity index (χ2v) is 6.59. The zero-order valence-electron chi connectivity index (χ0n) is 12.6. The molecule has 0 spiro atoms. The molecule has 1 heterocycles. The van der Waals surface area contributed by atoms with E-state index in [9.17, 15) is 13.2 Å². The standard InChI is InChI=1S/C14H17N3O5S/c1-17-8-13(15-9-17)23(20,21)16-12(7-14(18)19)10-4-3-5-11(6-10)22-2/h3-6,8-9,12,16H,7H2,1-2H3,(H,18,19). The molecule has 1 aromatic heterocycles. The van der Waals surface area contributed by atoms with Gasteiger partial charge in [-0.2, -0.15) is 0 Å². The zero-order valence-corrected chi connectivity index (χ0v) is 13.4. The Balaban J connectivity index is 2.33. The number of methoxy groups -OCH3 is 1. The predicted molar refractivity (Wildman–Crippen MR) is 81.5 cm³/mol. The number of aryl methyl sites for hydroxylation is 1. The summed E-state index contributed by atoms with van der Waals surface area (Å²) in [6.07, 6.45) is 2.29. The highest BCUT2D eigenvalue weighted by Gasteiger charge is 2.25. The smallest absolute Gasteiger partial charge is 0.305 e. The number of hydrogen-bond donors (Lipinski definition) is 2. The van der Waals surface area contributed by atoms with Crippen LogP contribution in [-0.2, 0) is 21.9 Å². The summed E-state index contributed by atoms with van der Waals surface area (Å²) in [4.78, 5) is 14.9. The van der Waals surface area contributed by atoms with Crippen LogP contribution in [0.4, 0.5) is 0 Å². The highest BCUT2D eigenvalue weighted by atomic mass is 32.2. The molecule has 2 N–H and O–H groups in total. The third kappa shape index (κ3) is 4.30. The molecule has 9 heteroatoms. The Hall–Kier alpha value is -2.39. The number of rotatable bonds is 7. The van der Waals surface area contributed by atoms with Gasteiger partial charge in [0, 0.05) is 13.2 Å². The first-order chi connectivity index (χ1) is 10.8. The summed E-state index contributed by atoms with van der Waals surface area (Å²) in [6, 6.07) is 5.65. The number of imidazole rings is 1. The predicted octanol–water partition coefficient (Wildman–Crippen LogP) is 0.923. The third-order valence-electron chi connectivity index (χ3n) is 3.13. The van der Waals surface area contributed by atoms with E-state index >= 15 is 0 Å². The van der Waals surface area contributed by atoms with Crippen molar-refractivity contribution in [2.24, 2.45) is 7.05 Å². The highest BCUT2D eigenvalue weighted by Crippen LogP contribution is 2.23. The van der Waals surface area contributed by atoms with Crippen molar-refractivity contribution in [3.05, 3.63) is 42.4 Å². The Bertz CT molecular complexity index is 800. The van der Waals surface area contributed by atoms with E-state index < -0.39 is 28.5 Å². The van der Waals surface area contributed by atoms with Crippen LogP contribution in [-0.4, -0.2) is 36.2 Å². The van der Waals surface area contributed by atoms with Crippen LogP contribution in [0.25, 0.3) is 0 Å². The van der Waals surface area contributed by atoms with Gasteiger partial charge in [0.25, 0.3) is 10.0 Å². The van der Waals surface area contributed by atoms with E-state index in [4.69, 9.17) is 9.84 Å². The van der Waals surface area contributed by atoms with Gasteiger partial charge in [-0.05, 0) is 17.7 Å². The van der Waals surface area contributed by atoms with E-state index in [1.807, 2.05) is 0 Å². The van der Waals surface area contributed by atoms with E-state index in [2.05, 4.69) is 9.71 Å². The SMILES string of the molecule is COc1cccc(C(CC(=O)O)NS(=O)(=O)c2cn(C)cn2)c1. The lowest BCUT2D eigenvalue weighted by molar-refractivity contribution is -0.137. The molecular formula is C14H17N3O5S. The minimum atomic E-state index is -3.94. The van der Waals surface area contributed by atoms with Crippen molar-refractivity contribution in [2.45, 2.75) is 17.5 Å². The van der Waals surface area contributed by atoms with Crippen LogP contribution in [0.5, 0.6) is 5.75 Å². The second kappa shape index (κ2) is 6.80. The summed E-state index contributed by atoms with van der Waals surface area (Å²) < 4.78 is 33.7. The van der Waals surface area contributed by atoms with Gasteiger partial charge in [0.2, 0.25) is 0 Å². The number of sulfonamides is 1. The number of nitrogens with zero attached hydrogens (tertiary/aromatic N) is 2. The summed E-state index contributed by atoms with van der Waals surface area (Å²) in [5, 5.41) is 8.89. The second-order valence-electron chi connectivity index (χ2n) is 4.93. The molecule has 8 nitrogen and oxygen atoms in total. The van der Waals surface area contributed by atoms with E-state index in [0.29, 0.717) is 11.3 Å². The molecule has 2 rings (SSSR count). The Morgan fingerprint density at radius 3 is 2.78 bits per heavy atom. The third-order valence-corrected chi connectivity index (χ3v) is 4.49. The first-order valence-electron chi connectivity index (χ1n) is 6.68. The number of aliphatic carboxylic acids is 1. The minimum Gasteiger partial charge on any atom is -0.497 e. The number of ether oxygens (including phenoxy) is 1. The van der Waals surface area contributed by atoms with Crippen molar-refractivity contribution in [3.63, 3.8) is 0 Å². The van der Waals surface area contributed by atoms with Crippen LogP contribution in [0.2, 0.25) is 0 Å². The number of carbonyl (C=O) groups is 1. The maximum Gasteiger partial charge on any atom is 0.305 e. The summed E-state index contributed by atoms with van der Waals surface area (Å²) in [5.74, 6) is -0.614. The molecule has 23 heavy (non-hydrogen) atoms. The number of aromatic nitrogens is 2. The van der Waals surface area contributed by atoms with Gasteiger partial charge in [-0.15, -0.1) is 0 Å². The molecule has 0 aliphatic carbocycles. The van der Waals surface area contributed by atoms with Gasteiger partial charge in [-0.25, -0.2) is 18.1 Å². The number of hydrogen-bond acceptors (Lipinski definition) is 5. The van der Waals surface area contributed by atoms with Crippen LogP contribution in [0.15, 0.2) is 41.8 Å². The van der Waals surface area contributed by atoms with E-state index in [0.717, 1.165) is 0 Å². The first-order valence-corrected chi connectivity index (χ1v) is 8.16. The van der Waals surface area contributed by atoms with Gasteiger partial charge in [0.1, 0.15) is 5.75 Å². The number of carboxylic acid groups (broad SMARTS) is 1. The van der Waals surface area contributed by atoms with E-state index in [1.54, 1.807) is 31.3 Å². The molecule has 0 fully saturated rings. The Morgan fingerprint density at radius 1 is 1.48 bits per heavy atom. The summed E-state index contributed by atoms with van der Waals surface area (Å²) in [5.41, 5.74) is 0.492. The van der Waals surface area contributed by atoms with Crippen LogP contribution in [0, 0.1) is 0 Å². The normalized spacial score (nSPS) is 12.8. The van der Waals surface area contributed by atoms with Crippen LogP contribution >= 0.6 is 0 Å². The molecule has 1 unspecified atom stereocenters. The largest absolute Gasteiger partial charge is 0.497 e. The monoisotopic (exact) mass is 339 g/mol. The molecule has 0 aliphatic rings. The fraction of sp³-hybridized carbons (Fsp3) is 0.286. The molecule has 0 amide bonds. The molecule has 0 aliphatic heterocycles. The van der Waals surface area contributed by atoms with Crippen molar-refractivity contribution in [1.82, 2.24) is 14.3 Å². The molecule has 0 saturated heterocycles. The lowest BCUT2D eigenvalue weighted by Crippen LogP contribution is -2.30. The van der Waals surface area contributed by atoms with Gasteiger partial charge in [-0.3, -0.25) is 4.79 Å². The molecule has 124 valence electrons. The Kier molecular flexibility index (Phi) is 5.02. The number of nitrogens with one attached hydrogen (secondary N) is 1. The van der Waals surface area contributed by atoms with Gasteiger partial charge in [0.15, 0.2) is 5.03 Å². The van der Waals surface area contributed by atoms with Crippen LogP contribution < -0.4 is 9.46 Å². The molecule has 1 atom stereocenters. The number of benzene rings is 1. The average molecular weight is 339 g/mol. The average Bonchev–Trinajstić information content (AvgIpc) is 2.93. The molecule has 0 radical (unpaired) electrons. The Labute approximate surface area is 133 Å². The van der Waals surface area contributed by atoms with Crippen molar-refractivity contribution >= 4 is 16.0 Å². The lowest BCUT2D eigenvalue weighted by Gasteiger charge is -2.17. The molecular weight excluding hydrogens is 322 g/mol. The van der Waals surface area contributed by atoms with E-state index in [-0.39, 0.29) is 5.03 Å². The van der Waals surface area contributed by atoms with Gasteiger partial charge < -0.3 is 14.4 Å². The fourth-order valence-corrected chi connectivity index (χ4v) is 3.24. The van der Waals surface area contributed by atoms with Crippen molar-refractivity contribution in [2.75, 3.05) is 7.11 Å². The molecule has 0 bridgehead atoms. The quantitative estimate of drug-likeness (QED) is 0.776. The topological polar surface area (TPSA) is 111 Å². The first kappa shape index (κ1) is 17.0. The summed E-state index contributed by atoms with van der Waals surface area (Å²) in [6.45, 7) is 0. The number of carboxylic acids is 1. The molecule has 1 aromatic carbocycles.